The van der Waals surface area contributed by atoms with Crippen LogP contribution in [0.4, 0.5) is 5.69 Å². The number of nitrogens with one attached hydrogen (secondary N) is 1. The smallest absolute Gasteiger partial charge is 0.271 e. The molecule has 1 heterocycles. The zero-order valence-corrected chi connectivity index (χ0v) is 14.8. The second-order valence-electron chi connectivity index (χ2n) is 6.02. The van der Waals surface area contributed by atoms with Crippen LogP contribution in [-0.2, 0) is 0 Å². The predicted octanol–water partition coefficient (Wildman–Crippen LogP) is 4.24. The average molecular weight is 363 g/mol. The van der Waals surface area contributed by atoms with E-state index >= 15 is 0 Å². The largest absolute Gasteiger partial charge is 0.455 e. The summed E-state index contributed by atoms with van der Waals surface area (Å²) >= 11 is 0. The van der Waals surface area contributed by atoms with Gasteiger partial charge in [0, 0.05) is 23.3 Å². The van der Waals surface area contributed by atoms with Crippen LogP contribution in [0.25, 0.3) is 11.3 Å². The number of nitro benzene ring substituents is 1. The van der Waals surface area contributed by atoms with Crippen LogP contribution in [0.3, 0.4) is 0 Å². The molecule has 0 aliphatic carbocycles. The topological polar surface area (TPSA) is 97.7 Å². The molecule has 1 aromatic heterocycles. The minimum absolute atomic E-state index is 0.00687. The van der Waals surface area contributed by atoms with E-state index in [-0.39, 0.29) is 11.6 Å². The number of rotatable bonds is 5. The Hall–Kier alpha value is -3.74. The van der Waals surface area contributed by atoms with Crippen LogP contribution in [0.15, 0.2) is 64.1 Å². The molecule has 0 fully saturated rings. The molecule has 3 aromatic rings. The van der Waals surface area contributed by atoms with Gasteiger partial charge in [0.05, 0.1) is 11.1 Å². The van der Waals surface area contributed by atoms with Crippen LogP contribution in [0.2, 0.25) is 0 Å². The maximum absolute atomic E-state index is 12.0. The number of hydrazone groups is 1. The van der Waals surface area contributed by atoms with Gasteiger partial charge in [-0.2, -0.15) is 5.10 Å². The third kappa shape index (κ3) is 4.27. The van der Waals surface area contributed by atoms with Crippen LogP contribution in [-0.4, -0.2) is 17.0 Å². The number of benzene rings is 2. The van der Waals surface area contributed by atoms with Crippen LogP contribution < -0.4 is 5.43 Å². The summed E-state index contributed by atoms with van der Waals surface area (Å²) in [5, 5.41) is 14.8. The highest BCUT2D eigenvalue weighted by Gasteiger charge is 2.13. The number of carbonyl (C=O) groups is 1. The summed E-state index contributed by atoms with van der Waals surface area (Å²) in [6.07, 6.45) is 1.38. The molecule has 1 amide bonds. The minimum Gasteiger partial charge on any atom is -0.455 e. The summed E-state index contributed by atoms with van der Waals surface area (Å²) in [6.45, 7) is 3.79. The fourth-order valence-electron chi connectivity index (χ4n) is 2.48. The average Bonchev–Trinajstić information content (AvgIpc) is 3.11. The van der Waals surface area contributed by atoms with Crippen molar-refractivity contribution >= 4 is 17.8 Å². The van der Waals surface area contributed by atoms with Crippen molar-refractivity contribution in [2.24, 2.45) is 5.10 Å². The van der Waals surface area contributed by atoms with E-state index in [1.165, 1.54) is 18.3 Å². The molecule has 0 bridgehead atoms. The maximum atomic E-state index is 12.0. The van der Waals surface area contributed by atoms with Gasteiger partial charge in [-0.05, 0) is 43.7 Å². The van der Waals surface area contributed by atoms with Crippen LogP contribution in [0, 0.1) is 24.0 Å². The van der Waals surface area contributed by atoms with Gasteiger partial charge in [-0.15, -0.1) is 0 Å². The Morgan fingerprint density at radius 1 is 1.11 bits per heavy atom. The summed E-state index contributed by atoms with van der Waals surface area (Å²) in [6, 6.07) is 15.1. The van der Waals surface area contributed by atoms with Gasteiger partial charge in [-0.1, -0.05) is 23.8 Å². The molecule has 3 rings (SSSR count). The predicted molar refractivity (Wildman–Crippen MR) is 102 cm³/mol. The number of amides is 1. The molecule has 0 spiro atoms. The van der Waals surface area contributed by atoms with Crippen molar-refractivity contribution in [1.82, 2.24) is 5.43 Å². The van der Waals surface area contributed by atoms with E-state index in [0.717, 1.165) is 11.1 Å². The van der Waals surface area contributed by atoms with E-state index in [0.29, 0.717) is 22.6 Å². The highest BCUT2D eigenvalue weighted by Crippen LogP contribution is 2.28. The van der Waals surface area contributed by atoms with Crippen LogP contribution in [0.5, 0.6) is 0 Å². The van der Waals surface area contributed by atoms with Crippen molar-refractivity contribution in [3.63, 3.8) is 0 Å². The van der Waals surface area contributed by atoms with Crippen LogP contribution in [0.1, 0.15) is 27.2 Å². The van der Waals surface area contributed by atoms with E-state index in [1.807, 2.05) is 26.0 Å². The van der Waals surface area contributed by atoms with E-state index in [9.17, 15) is 14.9 Å². The lowest BCUT2D eigenvalue weighted by atomic mass is 10.1. The number of furan rings is 1. The van der Waals surface area contributed by atoms with Crippen molar-refractivity contribution in [3.8, 4) is 11.3 Å². The number of hydrogen-bond acceptors (Lipinski definition) is 5. The SMILES string of the molecule is Cc1ccc(C(=O)N/N=C\c2ccc(-c3cc([N+](=O)[O-])ccc3C)o2)cc1. The summed E-state index contributed by atoms with van der Waals surface area (Å²) < 4.78 is 5.67. The van der Waals surface area contributed by atoms with Gasteiger partial charge < -0.3 is 4.42 Å². The van der Waals surface area contributed by atoms with Gasteiger partial charge >= 0.3 is 0 Å². The molecule has 2 aromatic carbocycles. The molecule has 0 radical (unpaired) electrons. The van der Waals surface area contributed by atoms with Gasteiger partial charge in [0.1, 0.15) is 11.5 Å². The zero-order chi connectivity index (χ0) is 19.4. The zero-order valence-electron chi connectivity index (χ0n) is 14.8. The number of hydrogen-bond donors (Lipinski definition) is 1. The lowest BCUT2D eigenvalue weighted by Crippen LogP contribution is -2.17. The molecular weight excluding hydrogens is 346 g/mol. The molecule has 0 aliphatic rings. The highest BCUT2D eigenvalue weighted by atomic mass is 16.6. The summed E-state index contributed by atoms with van der Waals surface area (Å²) in [4.78, 5) is 22.5. The van der Waals surface area contributed by atoms with Gasteiger partial charge in [0.25, 0.3) is 11.6 Å². The fraction of sp³-hybridized carbons (Fsp3) is 0.100. The first-order valence-corrected chi connectivity index (χ1v) is 8.19. The van der Waals surface area contributed by atoms with E-state index in [4.69, 9.17) is 4.42 Å². The molecule has 27 heavy (non-hydrogen) atoms. The van der Waals surface area contributed by atoms with Gasteiger partial charge in [-0.25, -0.2) is 5.43 Å². The lowest BCUT2D eigenvalue weighted by Gasteiger charge is -2.02. The van der Waals surface area contributed by atoms with E-state index < -0.39 is 4.92 Å². The monoisotopic (exact) mass is 363 g/mol. The quantitative estimate of drug-likeness (QED) is 0.416. The second-order valence-corrected chi connectivity index (χ2v) is 6.02. The van der Waals surface area contributed by atoms with Crippen molar-refractivity contribution in [3.05, 3.63) is 87.2 Å². The van der Waals surface area contributed by atoms with Gasteiger partial charge in [0.2, 0.25) is 0 Å². The Balaban J connectivity index is 1.72. The van der Waals surface area contributed by atoms with Crippen molar-refractivity contribution < 1.29 is 14.1 Å². The maximum Gasteiger partial charge on any atom is 0.271 e. The Kier molecular flexibility index (Phi) is 5.12. The van der Waals surface area contributed by atoms with E-state index in [1.54, 1.807) is 30.3 Å². The molecule has 0 saturated carbocycles. The van der Waals surface area contributed by atoms with Crippen molar-refractivity contribution in [2.45, 2.75) is 13.8 Å². The molecule has 0 unspecified atom stereocenters. The number of nitro groups is 1. The molecule has 7 heteroatoms. The molecule has 1 N–H and O–H groups in total. The normalized spacial score (nSPS) is 10.9. The molecular formula is C20H17N3O4. The number of nitrogens with zero attached hydrogens (tertiary/aromatic N) is 2. The van der Waals surface area contributed by atoms with Gasteiger partial charge in [0.15, 0.2) is 0 Å². The molecule has 0 atom stereocenters. The highest BCUT2D eigenvalue weighted by molar-refractivity contribution is 5.94. The summed E-state index contributed by atoms with van der Waals surface area (Å²) in [7, 11) is 0. The number of non-ortho nitro benzene ring substituents is 1. The van der Waals surface area contributed by atoms with Crippen molar-refractivity contribution in [2.75, 3.05) is 0 Å². The first kappa shape index (κ1) is 18.1. The minimum atomic E-state index is -0.450. The number of carbonyl (C=O) groups excluding carboxylic acids is 1. The molecule has 136 valence electrons. The standard InChI is InChI=1S/C20H17N3O4/c1-13-3-6-15(7-4-13)20(24)22-21-12-17-9-10-19(27-17)18-11-16(23(25)26)8-5-14(18)2/h3-12H,1-2H3,(H,22,24)/b21-12-. The summed E-state index contributed by atoms with van der Waals surface area (Å²) in [5.41, 5.74) is 5.48. The molecule has 0 saturated heterocycles. The third-order valence-corrected chi connectivity index (χ3v) is 4.00. The summed E-state index contributed by atoms with van der Waals surface area (Å²) in [5.74, 6) is 0.579. The fourth-order valence-corrected chi connectivity index (χ4v) is 2.48. The number of aryl methyl sites for hydroxylation is 2. The van der Waals surface area contributed by atoms with Gasteiger partial charge in [-0.3, -0.25) is 14.9 Å². The molecule has 7 nitrogen and oxygen atoms in total. The first-order chi connectivity index (χ1) is 12.9. The van der Waals surface area contributed by atoms with E-state index in [2.05, 4.69) is 10.5 Å². The Morgan fingerprint density at radius 2 is 1.85 bits per heavy atom. The third-order valence-electron chi connectivity index (χ3n) is 4.00. The Labute approximate surface area is 155 Å². The Morgan fingerprint density at radius 3 is 2.56 bits per heavy atom. The lowest BCUT2D eigenvalue weighted by molar-refractivity contribution is -0.384. The van der Waals surface area contributed by atoms with Crippen LogP contribution >= 0.6 is 0 Å². The Bertz CT molecular complexity index is 1020. The first-order valence-electron chi connectivity index (χ1n) is 8.19. The second kappa shape index (κ2) is 7.65. The molecule has 0 aliphatic heterocycles. The van der Waals surface area contributed by atoms with Crippen molar-refractivity contribution in [1.29, 1.82) is 0 Å².